The summed E-state index contributed by atoms with van der Waals surface area (Å²) < 4.78 is 0. The number of nitrogens with zero attached hydrogens (tertiary/aromatic N) is 1. The van der Waals surface area contributed by atoms with Gasteiger partial charge in [-0.05, 0) is 24.0 Å². The highest BCUT2D eigenvalue weighted by Crippen LogP contribution is 2.14. The highest BCUT2D eigenvalue weighted by molar-refractivity contribution is 5.98. The van der Waals surface area contributed by atoms with Gasteiger partial charge in [-0.3, -0.25) is 11.5 Å². The predicted octanol–water partition coefficient (Wildman–Crippen LogP) is -0.112. The Bertz CT molecular complexity index is 398. The van der Waals surface area contributed by atoms with Crippen molar-refractivity contribution in [2.45, 2.75) is 26.7 Å². The zero-order chi connectivity index (χ0) is 12.1. The van der Waals surface area contributed by atoms with Crippen LogP contribution in [0.15, 0.2) is 29.4 Å². The van der Waals surface area contributed by atoms with Crippen molar-refractivity contribution < 1.29 is 5.10 Å². The Hall–Kier alpha value is -1.84. The highest BCUT2D eigenvalue weighted by atomic mass is 15.3. The number of nitrogens with one attached hydrogen (secondary N) is 1. The third-order valence-corrected chi connectivity index (χ3v) is 2.35. The SMILES string of the molecule is C/C(=N/[NH+]=C(N)N)c1ccc(C(C)C)cc1. The quantitative estimate of drug-likeness (QED) is 0.377. The molecule has 0 unspecified atom stereocenters. The fourth-order valence-electron chi connectivity index (χ4n) is 1.32. The molecule has 5 N–H and O–H groups in total. The van der Waals surface area contributed by atoms with Gasteiger partial charge in [0.25, 0.3) is 0 Å². The summed E-state index contributed by atoms with van der Waals surface area (Å²) in [6.07, 6.45) is 0. The molecule has 1 rings (SSSR count). The first-order chi connectivity index (χ1) is 7.50. The second-order valence-corrected chi connectivity index (χ2v) is 4.04. The number of benzene rings is 1. The molecular weight excluding hydrogens is 200 g/mol. The number of nitrogens with two attached hydrogens (primary N) is 2. The van der Waals surface area contributed by atoms with E-state index in [1.807, 2.05) is 19.1 Å². The lowest BCUT2D eigenvalue weighted by Gasteiger charge is -2.05. The third kappa shape index (κ3) is 3.38. The summed E-state index contributed by atoms with van der Waals surface area (Å²) in [4.78, 5) is 0. The molecule has 0 saturated carbocycles. The van der Waals surface area contributed by atoms with Crippen LogP contribution in [0.1, 0.15) is 37.8 Å². The van der Waals surface area contributed by atoms with Crippen LogP contribution >= 0.6 is 0 Å². The fraction of sp³-hybridized carbons (Fsp3) is 0.333. The van der Waals surface area contributed by atoms with Crippen molar-refractivity contribution in [2.75, 3.05) is 0 Å². The summed E-state index contributed by atoms with van der Waals surface area (Å²) in [6, 6.07) is 8.30. The second-order valence-electron chi connectivity index (χ2n) is 4.04. The Kier molecular flexibility index (Phi) is 4.05. The van der Waals surface area contributed by atoms with Crippen molar-refractivity contribution in [2.24, 2.45) is 16.6 Å². The molecule has 0 heterocycles. The van der Waals surface area contributed by atoms with Crippen LogP contribution in [0.5, 0.6) is 0 Å². The summed E-state index contributed by atoms with van der Waals surface area (Å²) in [7, 11) is 0. The number of hydrazone groups is 1. The summed E-state index contributed by atoms with van der Waals surface area (Å²) in [6.45, 7) is 6.24. The Balaban J connectivity index is 2.90. The molecule has 0 bridgehead atoms. The van der Waals surface area contributed by atoms with Gasteiger partial charge in [-0.25, -0.2) is 0 Å². The lowest BCUT2D eigenvalue weighted by Crippen LogP contribution is -2.72. The third-order valence-electron chi connectivity index (χ3n) is 2.35. The molecule has 4 heteroatoms. The summed E-state index contributed by atoms with van der Waals surface area (Å²) in [5, 5.41) is 6.59. The van der Waals surface area contributed by atoms with Gasteiger partial charge in [0.1, 0.15) is 0 Å². The van der Waals surface area contributed by atoms with E-state index in [4.69, 9.17) is 11.5 Å². The predicted molar refractivity (Wildman–Crippen MR) is 67.1 cm³/mol. The first kappa shape index (κ1) is 12.2. The largest absolute Gasteiger partial charge is 0.362 e. The molecular formula is C12H19N4+. The molecule has 1 aromatic carbocycles. The maximum atomic E-state index is 5.26. The first-order valence-corrected chi connectivity index (χ1v) is 5.29. The Morgan fingerprint density at radius 1 is 1.19 bits per heavy atom. The molecule has 0 amide bonds. The lowest BCUT2D eigenvalue weighted by atomic mass is 10.0. The van der Waals surface area contributed by atoms with E-state index in [0.717, 1.165) is 11.3 Å². The molecule has 0 atom stereocenters. The maximum Gasteiger partial charge on any atom is 0.362 e. The van der Waals surface area contributed by atoms with Crippen molar-refractivity contribution in [1.29, 1.82) is 0 Å². The number of hydrogen-bond donors (Lipinski definition) is 3. The van der Waals surface area contributed by atoms with E-state index in [1.54, 1.807) is 0 Å². The zero-order valence-electron chi connectivity index (χ0n) is 9.99. The standard InChI is InChI=1S/C12H18N4/c1-8(2)10-4-6-11(7-5-10)9(3)15-16-12(13)14/h4-8H,1-3H3,(H4,13,14,16)/p+1/b15-9-. The van der Waals surface area contributed by atoms with Crippen LogP contribution in [0.25, 0.3) is 0 Å². The molecule has 0 radical (unpaired) electrons. The molecule has 1 aromatic rings. The topological polar surface area (TPSA) is 78.4 Å². The summed E-state index contributed by atoms with van der Waals surface area (Å²) in [5.74, 6) is 0.635. The van der Waals surface area contributed by atoms with Gasteiger partial charge >= 0.3 is 5.96 Å². The maximum absolute atomic E-state index is 5.26. The molecule has 0 spiro atoms. The monoisotopic (exact) mass is 219 g/mol. The molecule has 0 fully saturated rings. The Labute approximate surface area is 96.1 Å². The molecule has 0 aliphatic carbocycles. The van der Waals surface area contributed by atoms with E-state index in [-0.39, 0.29) is 5.96 Å². The van der Waals surface area contributed by atoms with E-state index >= 15 is 0 Å². The van der Waals surface area contributed by atoms with E-state index < -0.39 is 0 Å². The van der Waals surface area contributed by atoms with Crippen LogP contribution in [0.2, 0.25) is 0 Å². The van der Waals surface area contributed by atoms with E-state index in [0.29, 0.717) is 5.92 Å². The van der Waals surface area contributed by atoms with Crippen molar-refractivity contribution >= 4 is 11.7 Å². The van der Waals surface area contributed by atoms with Crippen LogP contribution in [-0.2, 0) is 0 Å². The minimum atomic E-state index is 0.0955. The second kappa shape index (κ2) is 5.30. The minimum absolute atomic E-state index is 0.0955. The van der Waals surface area contributed by atoms with Crippen molar-refractivity contribution in [3.63, 3.8) is 0 Å². The van der Waals surface area contributed by atoms with Crippen LogP contribution < -0.4 is 16.6 Å². The van der Waals surface area contributed by atoms with Gasteiger partial charge in [-0.15, -0.1) is 5.10 Å². The number of hydrogen-bond acceptors (Lipinski definition) is 1. The normalized spacial score (nSPS) is 11.6. The Morgan fingerprint density at radius 3 is 2.19 bits per heavy atom. The van der Waals surface area contributed by atoms with Gasteiger partial charge in [-0.1, -0.05) is 38.1 Å². The van der Waals surface area contributed by atoms with Gasteiger partial charge in [0.05, 0.1) is 5.71 Å². The molecule has 16 heavy (non-hydrogen) atoms. The average Bonchev–Trinajstić information content (AvgIpc) is 2.26. The molecule has 4 nitrogen and oxygen atoms in total. The Morgan fingerprint density at radius 2 is 1.75 bits per heavy atom. The molecule has 0 aromatic heterocycles. The first-order valence-electron chi connectivity index (χ1n) is 5.29. The number of guanidine groups is 1. The lowest BCUT2D eigenvalue weighted by molar-refractivity contribution is -0.464. The van der Waals surface area contributed by atoms with Crippen molar-refractivity contribution in [3.05, 3.63) is 35.4 Å². The van der Waals surface area contributed by atoms with Crippen molar-refractivity contribution in [1.82, 2.24) is 0 Å². The average molecular weight is 219 g/mol. The highest BCUT2D eigenvalue weighted by Gasteiger charge is 2.01. The van der Waals surface area contributed by atoms with Crippen molar-refractivity contribution in [3.8, 4) is 0 Å². The van der Waals surface area contributed by atoms with Gasteiger partial charge in [0.2, 0.25) is 0 Å². The van der Waals surface area contributed by atoms with Gasteiger partial charge in [0.15, 0.2) is 0 Å². The molecule has 0 aliphatic rings. The van der Waals surface area contributed by atoms with E-state index in [9.17, 15) is 0 Å². The van der Waals surface area contributed by atoms with Crippen LogP contribution in [0.4, 0.5) is 0 Å². The summed E-state index contributed by atoms with van der Waals surface area (Å²) >= 11 is 0. The van der Waals surface area contributed by atoms with E-state index in [2.05, 4.69) is 36.2 Å². The van der Waals surface area contributed by atoms with Gasteiger partial charge < -0.3 is 0 Å². The molecule has 0 saturated heterocycles. The number of rotatable bonds is 3. The van der Waals surface area contributed by atoms with E-state index in [1.165, 1.54) is 5.56 Å². The summed E-state index contributed by atoms with van der Waals surface area (Å²) in [5.41, 5.74) is 13.7. The van der Waals surface area contributed by atoms with Crippen LogP contribution in [0, 0.1) is 0 Å². The molecule has 86 valence electrons. The van der Waals surface area contributed by atoms with Gasteiger partial charge in [-0.2, -0.15) is 5.10 Å². The van der Waals surface area contributed by atoms with Crippen LogP contribution in [0.3, 0.4) is 0 Å². The van der Waals surface area contributed by atoms with Crippen LogP contribution in [-0.4, -0.2) is 11.7 Å². The fourth-order valence-corrected chi connectivity index (χ4v) is 1.32. The minimum Gasteiger partial charge on any atom is -0.289 e. The smallest absolute Gasteiger partial charge is 0.289 e. The molecule has 0 aliphatic heterocycles. The van der Waals surface area contributed by atoms with Gasteiger partial charge in [0, 0.05) is 0 Å². The zero-order valence-corrected chi connectivity index (χ0v) is 9.99.